The molecule has 1 aliphatic rings. The first-order chi connectivity index (χ1) is 19.7. The number of carboxylic acid groups (broad SMARTS) is 1. The molecule has 1 amide bonds. The topological polar surface area (TPSA) is 129 Å². The molecule has 2 atom stereocenters. The lowest BCUT2D eigenvalue weighted by atomic mass is 9.86. The minimum absolute atomic E-state index is 0.0255. The van der Waals surface area contributed by atoms with Crippen LogP contribution in [0, 0.1) is 0 Å². The van der Waals surface area contributed by atoms with Crippen LogP contribution in [-0.4, -0.2) is 52.1 Å². The zero-order chi connectivity index (χ0) is 31.0. The lowest BCUT2D eigenvalue weighted by molar-refractivity contribution is -0.275. The number of methoxy groups -OCH3 is 2. The van der Waals surface area contributed by atoms with E-state index in [1.54, 1.807) is 6.07 Å². The van der Waals surface area contributed by atoms with Crippen LogP contribution in [0.5, 0.6) is 17.2 Å². The van der Waals surface area contributed by atoms with Crippen molar-refractivity contribution in [1.29, 1.82) is 0 Å². The number of hydrogen-bond acceptors (Lipinski definition) is 8. The van der Waals surface area contributed by atoms with Gasteiger partial charge in [0, 0.05) is 22.2 Å². The number of carbonyl (C=O) groups excluding carboxylic acids is 1. The third kappa shape index (κ3) is 5.32. The number of nitrogens with zero attached hydrogens (tertiary/aromatic N) is 1. The van der Waals surface area contributed by atoms with Gasteiger partial charge in [0.05, 0.1) is 19.9 Å². The van der Waals surface area contributed by atoms with Crippen molar-refractivity contribution < 1.29 is 55.2 Å². The summed E-state index contributed by atoms with van der Waals surface area (Å²) in [5.41, 5.74) is -3.07. The predicted molar refractivity (Wildman–Crippen MR) is 142 cm³/mol. The van der Waals surface area contributed by atoms with Crippen molar-refractivity contribution >= 4 is 39.2 Å². The van der Waals surface area contributed by atoms with E-state index in [9.17, 15) is 36.3 Å². The molecule has 0 aliphatic carbocycles. The van der Waals surface area contributed by atoms with Crippen LogP contribution in [-0.2, 0) is 30.0 Å². The molecule has 4 rings (SSSR count). The van der Waals surface area contributed by atoms with Crippen LogP contribution < -0.4 is 18.5 Å². The van der Waals surface area contributed by atoms with Gasteiger partial charge in [-0.1, -0.05) is 36.7 Å². The molecule has 1 heterocycles. The standard InChI is InChI=1S/C27H23ClF3NO9S/c1-4-20(24(33)34)40-26(17-7-5-6-8-21(17)39-3)18-13-15(28)9-11-19(18)32(25(26)35)42(36,37)23-12-10-16(38-2)14-22(23)41-27(29,30)31/h5-14,20H,4H2,1-3H3,(H,33,34)/t20-,26?/m0/s1. The highest BCUT2D eigenvalue weighted by Gasteiger charge is 2.60. The molecule has 42 heavy (non-hydrogen) atoms. The van der Waals surface area contributed by atoms with Gasteiger partial charge >= 0.3 is 12.3 Å². The van der Waals surface area contributed by atoms with E-state index in [2.05, 4.69) is 4.74 Å². The molecule has 0 fully saturated rings. The molecule has 3 aromatic rings. The molecule has 0 bridgehead atoms. The number of halogens is 4. The highest BCUT2D eigenvalue weighted by atomic mass is 35.5. The number of carbonyl (C=O) groups is 2. The number of hydrogen-bond donors (Lipinski definition) is 1. The van der Waals surface area contributed by atoms with Crippen molar-refractivity contribution in [2.45, 2.75) is 36.3 Å². The number of para-hydroxylation sites is 1. The lowest BCUT2D eigenvalue weighted by Crippen LogP contribution is -2.48. The molecule has 0 aromatic heterocycles. The number of sulfonamides is 1. The van der Waals surface area contributed by atoms with Crippen LogP contribution in [0.1, 0.15) is 24.5 Å². The predicted octanol–water partition coefficient (Wildman–Crippen LogP) is 5.11. The number of aliphatic carboxylic acids is 1. The van der Waals surface area contributed by atoms with E-state index >= 15 is 0 Å². The van der Waals surface area contributed by atoms with Crippen LogP contribution in [0.25, 0.3) is 0 Å². The summed E-state index contributed by atoms with van der Waals surface area (Å²) in [7, 11) is -2.79. The Morgan fingerprint density at radius 1 is 1.02 bits per heavy atom. The summed E-state index contributed by atoms with van der Waals surface area (Å²) in [5, 5.41) is 9.87. The Kier molecular flexibility index (Phi) is 8.36. The summed E-state index contributed by atoms with van der Waals surface area (Å²) in [6.45, 7) is 1.47. The van der Waals surface area contributed by atoms with E-state index in [0.717, 1.165) is 25.3 Å². The summed E-state index contributed by atoms with van der Waals surface area (Å²) >= 11 is 6.26. The van der Waals surface area contributed by atoms with Gasteiger partial charge in [-0.3, -0.25) is 4.79 Å². The average molecular weight is 630 g/mol. The van der Waals surface area contributed by atoms with Crippen molar-refractivity contribution in [2.24, 2.45) is 0 Å². The number of ether oxygens (including phenoxy) is 4. The third-order valence-electron chi connectivity index (χ3n) is 6.39. The van der Waals surface area contributed by atoms with Crippen molar-refractivity contribution in [3.63, 3.8) is 0 Å². The Bertz CT molecular complexity index is 1650. The Balaban J connectivity index is 2.06. The highest BCUT2D eigenvalue weighted by Crippen LogP contribution is 2.53. The summed E-state index contributed by atoms with van der Waals surface area (Å²) in [5.74, 6) is -4.11. The number of benzene rings is 3. The molecule has 10 nitrogen and oxygen atoms in total. The third-order valence-corrected chi connectivity index (χ3v) is 8.36. The first-order valence-electron chi connectivity index (χ1n) is 12.1. The zero-order valence-electron chi connectivity index (χ0n) is 22.1. The zero-order valence-corrected chi connectivity index (χ0v) is 23.7. The van der Waals surface area contributed by atoms with Crippen molar-refractivity contribution in [3.8, 4) is 17.2 Å². The molecule has 224 valence electrons. The molecule has 1 unspecified atom stereocenters. The summed E-state index contributed by atoms with van der Waals surface area (Å²) in [6, 6.07) is 12.0. The molecule has 0 spiro atoms. The van der Waals surface area contributed by atoms with Gasteiger partial charge in [-0.05, 0) is 42.8 Å². The van der Waals surface area contributed by atoms with Crippen molar-refractivity contribution in [2.75, 3.05) is 18.5 Å². The summed E-state index contributed by atoms with van der Waals surface area (Å²) in [4.78, 5) is 25.6. The van der Waals surface area contributed by atoms with Gasteiger partial charge in [0.1, 0.15) is 16.4 Å². The molecule has 15 heteroatoms. The van der Waals surface area contributed by atoms with Gasteiger partial charge < -0.3 is 24.1 Å². The molecule has 0 saturated carbocycles. The maximum atomic E-state index is 14.5. The van der Waals surface area contributed by atoms with Crippen LogP contribution in [0.3, 0.4) is 0 Å². The Morgan fingerprint density at radius 2 is 1.71 bits per heavy atom. The second-order valence-electron chi connectivity index (χ2n) is 8.83. The fourth-order valence-corrected chi connectivity index (χ4v) is 6.33. The van der Waals surface area contributed by atoms with Crippen molar-refractivity contribution in [1.82, 2.24) is 0 Å². The molecular formula is C27H23ClF3NO9S. The minimum Gasteiger partial charge on any atom is -0.497 e. The lowest BCUT2D eigenvalue weighted by Gasteiger charge is -2.33. The second-order valence-corrected chi connectivity index (χ2v) is 11.0. The molecular weight excluding hydrogens is 607 g/mol. The molecule has 1 N–H and O–H groups in total. The van der Waals surface area contributed by atoms with Gasteiger partial charge in [0.15, 0.2) is 11.9 Å². The van der Waals surface area contributed by atoms with Crippen LogP contribution in [0.4, 0.5) is 18.9 Å². The van der Waals surface area contributed by atoms with Gasteiger partial charge in [0.2, 0.25) is 5.60 Å². The number of alkyl halides is 3. The Morgan fingerprint density at radius 3 is 2.31 bits per heavy atom. The number of anilines is 1. The SMILES string of the molecule is CC[C@H](OC1(c2ccccc2OC)C(=O)N(S(=O)(=O)c2ccc(OC)cc2OC(F)(F)F)c2ccc(Cl)cc21)C(=O)O. The van der Waals surface area contributed by atoms with Crippen LogP contribution >= 0.6 is 11.6 Å². The van der Waals surface area contributed by atoms with Crippen LogP contribution in [0.2, 0.25) is 5.02 Å². The first-order valence-corrected chi connectivity index (χ1v) is 13.9. The van der Waals surface area contributed by atoms with Crippen LogP contribution in [0.15, 0.2) is 65.6 Å². The quantitative estimate of drug-likeness (QED) is 0.325. The van der Waals surface area contributed by atoms with Gasteiger partial charge in [-0.25, -0.2) is 13.2 Å². The van der Waals surface area contributed by atoms with E-state index in [4.69, 9.17) is 25.8 Å². The van der Waals surface area contributed by atoms with E-state index in [-0.39, 0.29) is 44.1 Å². The molecule has 1 aliphatic heterocycles. The summed E-state index contributed by atoms with van der Waals surface area (Å²) in [6.07, 6.45) is -7.10. The Hall–Kier alpha value is -4.01. The first kappa shape index (κ1) is 30.9. The fraction of sp³-hybridized carbons (Fsp3) is 0.259. The number of rotatable bonds is 10. The maximum absolute atomic E-state index is 14.5. The highest BCUT2D eigenvalue weighted by molar-refractivity contribution is 7.93. The summed E-state index contributed by atoms with van der Waals surface area (Å²) < 4.78 is 88.9. The normalized spacial score (nSPS) is 17.5. The molecule has 0 saturated heterocycles. The van der Waals surface area contributed by atoms with Crippen molar-refractivity contribution in [3.05, 3.63) is 76.8 Å². The van der Waals surface area contributed by atoms with E-state index in [1.165, 1.54) is 44.4 Å². The average Bonchev–Trinajstić information content (AvgIpc) is 3.18. The smallest absolute Gasteiger partial charge is 0.497 e. The fourth-order valence-electron chi connectivity index (χ4n) is 4.60. The second kappa shape index (κ2) is 11.3. The largest absolute Gasteiger partial charge is 0.573 e. The molecule has 0 radical (unpaired) electrons. The number of carboxylic acids is 1. The number of fused-ring (bicyclic) bond motifs is 1. The minimum atomic E-state index is -5.31. The maximum Gasteiger partial charge on any atom is 0.573 e. The van der Waals surface area contributed by atoms with Gasteiger partial charge in [0.25, 0.3) is 15.9 Å². The molecule has 3 aromatic carbocycles. The van der Waals surface area contributed by atoms with E-state index in [0.29, 0.717) is 6.07 Å². The monoisotopic (exact) mass is 629 g/mol. The van der Waals surface area contributed by atoms with Gasteiger partial charge in [-0.15, -0.1) is 13.2 Å². The number of amides is 1. The van der Waals surface area contributed by atoms with E-state index in [1.807, 2.05) is 0 Å². The van der Waals surface area contributed by atoms with E-state index < -0.39 is 50.6 Å². The van der Waals surface area contributed by atoms with Gasteiger partial charge in [-0.2, -0.15) is 4.31 Å². The Labute approximate surface area is 243 Å².